The van der Waals surface area contributed by atoms with Crippen LogP contribution in [0, 0.1) is 0 Å². The van der Waals surface area contributed by atoms with E-state index in [1.807, 2.05) is 30.3 Å². The van der Waals surface area contributed by atoms with Crippen molar-refractivity contribution in [3.05, 3.63) is 58.2 Å². The Morgan fingerprint density at radius 1 is 1.10 bits per heavy atom. The number of benzene rings is 1. The van der Waals surface area contributed by atoms with Gasteiger partial charge in [0.05, 0.1) is 10.5 Å². The lowest BCUT2D eigenvalue weighted by Gasteiger charge is -2.12. The van der Waals surface area contributed by atoms with Gasteiger partial charge in [0, 0.05) is 43.5 Å². The lowest BCUT2D eigenvalue weighted by Crippen LogP contribution is -2.39. The standard InChI is InChI=1S/C19H20F3N5S.HI/c1-23-18(26-11-8-16-27-15(12-28-16)19(20,21)22)25-10-7-14-5-2-4-13-6-3-9-24-17(13)14;/h2-6,9,12H,7-8,10-11H2,1H3,(H2,23,25,26);1H. The molecule has 2 aromatic heterocycles. The Balaban J connectivity index is 0.00000300. The van der Waals surface area contributed by atoms with Crippen molar-refractivity contribution in [2.45, 2.75) is 19.0 Å². The molecule has 0 saturated heterocycles. The van der Waals surface area contributed by atoms with Gasteiger partial charge in [-0.1, -0.05) is 24.3 Å². The van der Waals surface area contributed by atoms with E-state index in [-0.39, 0.29) is 24.0 Å². The Bertz CT molecular complexity index is 953. The number of pyridine rings is 1. The molecule has 2 N–H and O–H groups in total. The molecule has 0 fully saturated rings. The molecule has 0 atom stereocenters. The highest BCUT2D eigenvalue weighted by molar-refractivity contribution is 14.0. The molecule has 2 heterocycles. The summed E-state index contributed by atoms with van der Waals surface area (Å²) in [5.74, 6) is 0.598. The van der Waals surface area contributed by atoms with Gasteiger partial charge in [-0.3, -0.25) is 9.98 Å². The Morgan fingerprint density at radius 3 is 2.52 bits per heavy atom. The van der Waals surface area contributed by atoms with E-state index in [0.29, 0.717) is 30.5 Å². The third kappa shape index (κ3) is 6.53. The summed E-state index contributed by atoms with van der Waals surface area (Å²) in [6.07, 6.45) is -1.44. The number of nitrogens with zero attached hydrogens (tertiary/aromatic N) is 3. The van der Waals surface area contributed by atoms with E-state index in [0.717, 1.165) is 39.6 Å². The van der Waals surface area contributed by atoms with Gasteiger partial charge in [0.1, 0.15) is 0 Å². The first-order chi connectivity index (χ1) is 13.5. The monoisotopic (exact) mass is 535 g/mol. The van der Waals surface area contributed by atoms with Crippen LogP contribution in [0.4, 0.5) is 13.2 Å². The topological polar surface area (TPSA) is 62.2 Å². The summed E-state index contributed by atoms with van der Waals surface area (Å²) in [5.41, 5.74) is 1.29. The molecule has 1 aromatic carbocycles. The summed E-state index contributed by atoms with van der Waals surface area (Å²) >= 11 is 1.01. The normalized spacial score (nSPS) is 11.9. The lowest BCUT2D eigenvalue weighted by molar-refractivity contribution is -0.140. The number of nitrogens with one attached hydrogen (secondary N) is 2. The molecule has 3 aromatic rings. The second kappa shape index (κ2) is 10.7. The fraction of sp³-hybridized carbons (Fsp3) is 0.316. The molecule has 0 bridgehead atoms. The van der Waals surface area contributed by atoms with Crippen LogP contribution < -0.4 is 10.6 Å². The minimum Gasteiger partial charge on any atom is -0.356 e. The predicted molar refractivity (Wildman–Crippen MR) is 121 cm³/mol. The summed E-state index contributed by atoms with van der Waals surface area (Å²) in [4.78, 5) is 12.2. The quantitative estimate of drug-likeness (QED) is 0.281. The molecular formula is C19H21F3IN5S. The predicted octanol–water partition coefficient (Wildman–Crippen LogP) is 4.28. The number of aliphatic imine (C=N–C) groups is 1. The van der Waals surface area contributed by atoms with Gasteiger partial charge < -0.3 is 10.6 Å². The number of halogens is 4. The van der Waals surface area contributed by atoms with Crippen LogP contribution >= 0.6 is 35.3 Å². The van der Waals surface area contributed by atoms with Crippen molar-refractivity contribution >= 4 is 52.2 Å². The number of rotatable bonds is 6. The zero-order valence-corrected chi connectivity index (χ0v) is 18.8. The van der Waals surface area contributed by atoms with Crippen molar-refractivity contribution in [1.29, 1.82) is 0 Å². The number of fused-ring (bicyclic) bond motifs is 1. The van der Waals surface area contributed by atoms with Crippen LogP contribution in [0.1, 0.15) is 16.3 Å². The van der Waals surface area contributed by atoms with E-state index in [4.69, 9.17) is 0 Å². The Labute approximate surface area is 187 Å². The molecule has 0 saturated carbocycles. The number of para-hydroxylation sites is 1. The maximum atomic E-state index is 12.6. The van der Waals surface area contributed by atoms with E-state index < -0.39 is 11.9 Å². The summed E-state index contributed by atoms with van der Waals surface area (Å²) in [6, 6.07) is 10.0. The SMILES string of the molecule is CN=C(NCCc1nc(C(F)(F)F)cs1)NCCc1cccc2cccnc12.I. The van der Waals surface area contributed by atoms with Gasteiger partial charge in [0.25, 0.3) is 0 Å². The minimum atomic E-state index is -4.39. The zero-order chi connectivity index (χ0) is 20.0. The van der Waals surface area contributed by atoms with E-state index in [1.54, 1.807) is 13.2 Å². The van der Waals surface area contributed by atoms with Crippen LogP contribution in [-0.2, 0) is 19.0 Å². The third-order valence-electron chi connectivity index (χ3n) is 4.10. The molecule has 0 aliphatic heterocycles. The number of aromatic nitrogens is 2. The number of guanidine groups is 1. The zero-order valence-electron chi connectivity index (χ0n) is 15.7. The summed E-state index contributed by atoms with van der Waals surface area (Å²) < 4.78 is 37.7. The summed E-state index contributed by atoms with van der Waals surface area (Å²) in [5, 5.41) is 8.90. The highest BCUT2D eigenvalue weighted by Crippen LogP contribution is 2.30. The average Bonchev–Trinajstić information content (AvgIpc) is 3.16. The first kappa shape index (κ1) is 23.3. The van der Waals surface area contributed by atoms with E-state index >= 15 is 0 Å². The third-order valence-corrected chi connectivity index (χ3v) is 5.01. The van der Waals surface area contributed by atoms with E-state index in [1.165, 1.54) is 0 Å². The molecule has 5 nitrogen and oxygen atoms in total. The maximum absolute atomic E-state index is 12.6. The van der Waals surface area contributed by atoms with Crippen LogP contribution in [0.5, 0.6) is 0 Å². The van der Waals surface area contributed by atoms with Crippen molar-refractivity contribution in [1.82, 2.24) is 20.6 Å². The van der Waals surface area contributed by atoms with Gasteiger partial charge in [-0.2, -0.15) is 13.2 Å². The van der Waals surface area contributed by atoms with E-state index in [2.05, 4.69) is 25.6 Å². The van der Waals surface area contributed by atoms with Gasteiger partial charge in [-0.05, 0) is 18.1 Å². The Morgan fingerprint density at radius 2 is 1.83 bits per heavy atom. The largest absolute Gasteiger partial charge is 0.434 e. The van der Waals surface area contributed by atoms with Gasteiger partial charge in [0.2, 0.25) is 0 Å². The molecule has 0 aliphatic rings. The molecule has 29 heavy (non-hydrogen) atoms. The molecule has 10 heteroatoms. The van der Waals surface area contributed by atoms with Crippen LogP contribution in [0.25, 0.3) is 10.9 Å². The van der Waals surface area contributed by atoms with Crippen molar-refractivity contribution in [3.8, 4) is 0 Å². The van der Waals surface area contributed by atoms with Gasteiger partial charge in [-0.15, -0.1) is 35.3 Å². The Kier molecular flexibility index (Phi) is 8.62. The van der Waals surface area contributed by atoms with Crippen LogP contribution in [-0.4, -0.2) is 36.1 Å². The van der Waals surface area contributed by atoms with Crippen molar-refractivity contribution in [2.75, 3.05) is 20.1 Å². The first-order valence-corrected chi connectivity index (χ1v) is 9.64. The molecular weight excluding hydrogens is 514 g/mol. The molecule has 0 unspecified atom stereocenters. The van der Waals surface area contributed by atoms with Gasteiger partial charge in [-0.25, -0.2) is 4.98 Å². The lowest BCUT2D eigenvalue weighted by atomic mass is 10.1. The molecule has 0 amide bonds. The smallest absolute Gasteiger partial charge is 0.356 e. The number of alkyl halides is 3. The van der Waals surface area contributed by atoms with Crippen molar-refractivity contribution in [2.24, 2.45) is 4.99 Å². The van der Waals surface area contributed by atoms with Crippen LogP contribution in [0.2, 0.25) is 0 Å². The molecule has 0 radical (unpaired) electrons. The van der Waals surface area contributed by atoms with Gasteiger partial charge in [0.15, 0.2) is 11.7 Å². The fourth-order valence-corrected chi connectivity index (χ4v) is 3.55. The summed E-state index contributed by atoms with van der Waals surface area (Å²) in [6.45, 7) is 1.10. The molecule has 0 spiro atoms. The number of hydrogen-bond donors (Lipinski definition) is 2. The highest BCUT2D eigenvalue weighted by atomic mass is 127. The molecule has 156 valence electrons. The van der Waals surface area contributed by atoms with Crippen LogP contribution in [0.15, 0.2) is 46.9 Å². The second-order valence-electron chi connectivity index (χ2n) is 6.04. The molecule has 0 aliphatic carbocycles. The van der Waals surface area contributed by atoms with Crippen molar-refractivity contribution < 1.29 is 13.2 Å². The number of hydrogen-bond acceptors (Lipinski definition) is 4. The van der Waals surface area contributed by atoms with Crippen molar-refractivity contribution in [3.63, 3.8) is 0 Å². The van der Waals surface area contributed by atoms with E-state index in [9.17, 15) is 13.2 Å². The van der Waals surface area contributed by atoms with Gasteiger partial charge >= 0.3 is 6.18 Å². The number of thiazole rings is 1. The van der Waals surface area contributed by atoms with Crippen LogP contribution in [0.3, 0.4) is 0 Å². The average molecular weight is 535 g/mol. The highest BCUT2D eigenvalue weighted by Gasteiger charge is 2.33. The second-order valence-corrected chi connectivity index (χ2v) is 6.98. The maximum Gasteiger partial charge on any atom is 0.434 e. The Hall–Kier alpha value is -1.95. The summed E-state index contributed by atoms with van der Waals surface area (Å²) in [7, 11) is 1.65. The fourth-order valence-electron chi connectivity index (χ4n) is 2.75. The first-order valence-electron chi connectivity index (χ1n) is 8.76. The molecule has 3 rings (SSSR count). The minimum absolute atomic E-state index is 0.